The van der Waals surface area contributed by atoms with Crippen molar-refractivity contribution in [3.05, 3.63) is 64.5 Å². The van der Waals surface area contributed by atoms with Gasteiger partial charge in [0.25, 0.3) is 0 Å². The number of hydrogen-bond acceptors (Lipinski definition) is 4. The molecule has 1 unspecified atom stereocenters. The van der Waals surface area contributed by atoms with Crippen molar-refractivity contribution in [3.8, 4) is 0 Å². The molecule has 1 aromatic heterocycles. The molecule has 3 rings (SSSR count). The molecule has 0 aliphatic carbocycles. The van der Waals surface area contributed by atoms with Gasteiger partial charge in [-0.25, -0.2) is 9.78 Å². The number of aromatic nitrogens is 2. The summed E-state index contributed by atoms with van der Waals surface area (Å²) in [6, 6.07) is 10.5. The maximum Gasteiger partial charge on any atom is 0.389 e. The van der Waals surface area contributed by atoms with Gasteiger partial charge in [-0.3, -0.25) is 4.79 Å². The Morgan fingerprint density at radius 1 is 1.17 bits per heavy atom. The first-order valence-electron chi connectivity index (χ1n) is 11.3. The van der Waals surface area contributed by atoms with E-state index in [1.54, 1.807) is 24.3 Å². The van der Waals surface area contributed by atoms with Gasteiger partial charge in [-0.15, -0.1) is 0 Å². The number of fused-ring (bicyclic) bond motifs is 1. The normalized spacial score (nSPS) is 12.6. The number of carboxylic acid groups (broad SMARTS) is 1. The van der Waals surface area contributed by atoms with Crippen molar-refractivity contribution in [2.45, 2.75) is 64.0 Å². The maximum absolute atomic E-state index is 12.4. The predicted octanol–water partition coefficient (Wildman–Crippen LogP) is 5.30. The molecule has 1 heterocycles. The lowest BCUT2D eigenvalue weighted by Crippen LogP contribution is -2.31. The average molecular weight is 508 g/mol. The first-order valence-corrected chi connectivity index (χ1v) is 11.8. The third-order valence-electron chi connectivity index (χ3n) is 5.67. The zero-order valence-corrected chi connectivity index (χ0v) is 20.4. The molecule has 0 saturated carbocycles. The number of benzene rings is 2. The minimum absolute atomic E-state index is 0.153. The Morgan fingerprint density at radius 3 is 2.46 bits per heavy atom. The number of rotatable bonds is 10. The summed E-state index contributed by atoms with van der Waals surface area (Å²) in [5, 5.41) is 10.8. The van der Waals surface area contributed by atoms with Crippen LogP contribution in [0.3, 0.4) is 0 Å². The highest BCUT2D eigenvalue weighted by Crippen LogP contribution is 2.25. The number of aryl methyl sites for hydroxylation is 2. The smallest absolute Gasteiger partial charge is 0.389 e. The van der Waals surface area contributed by atoms with E-state index < -0.39 is 29.7 Å². The molecule has 0 spiro atoms. The van der Waals surface area contributed by atoms with Crippen LogP contribution in [-0.4, -0.2) is 38.0 Å². The standard InChI is InChI=1S/C25H28F3N3O3S/c1-3-4-21-30-22-15(2)11-17(13-29-23(32)20(35)9-10-25(26,27)28)12-19(22)31(21)14-16-5-7-18(8-6-16)24(33)34/h5-8,11-12,20,35H,3-4,9-10,13-14H2,1-2H3,(H,29,32)(H,33,34). The molecule has 1 atom stereocenters. The summed E-state index contributed by atoms with van der Waals surface area (Å²) < 4.78 is 39.4. The van der Waals surface area contributed by atoms with Crippen molar-refractivity contribution in [1.82, 2.24) is 14.9 Å². The first-order chi connectivity index (χ1) is 16.5. The number of imidazole rings is 1. The third kappa shape index (κ3) is 7.00. The number of carboxylic acids is 1. The molecule has 1 amide bonds. The molecule has 0 radical (unpaired) electrons. The van der Waals surface area contributed by atoms with E-state index >= 15 is 0 Å². The average Bonchev–Trinajstić information content (AvgIpc) is 3.13. The number of halogens is 3. The molecule has 2 aromatic carbocycles. The van der Waals surface area contributed by atoms with Crippen LogP contribution in [0.4, 0.5) is 13.2 Å². The van der Waals surface area contributed by atoms with Gasteiger partial charge in [-0.05, 0) is 54.7 Å². The van der Waals surface area contributed by atoms with Gasteiger partial charge in [0, 0.05) is 25.9 Å². The van der Waals surface area contributed by atoms with Crippen LogP contribution >= 0.6 is 12.6 Å². The number of thiol groups is 1. The van der Waals surface area contributed by atoms with Crippen LogP contribution in [0.5, 0.6) is 0 Å². The fourth-order valence-corrected chi connectivity index (χ4v) is 4.10. The van der Waals surface area contributed by atoms with Gasteiger partial charge in [-0.1, -0.05) is 25.1 Å². The van der Waals surface area contributed by atoms with Crippen molar-refractivity contribution in [3.63, 3.8) is 0 Å². The zero-order valence-electron chi connectivity index (χ0n) is 19.5. The van der Waals surface area contributed by atoms with E-state index in [0.29, 0.717) is 6.54 Å². The number of aromatic carboxylic acids is 1. The highest BCUT2D eigenvalue weighted by atomic mass is 32.1. The second kappa shape index (κ2) is 11.2. The second-order valence-corrected chi connectivity index (χ2v) is 9.16. The van der Waals surface area contributed by atoms with Gasteiger partial charge in [0.15, 0.2) is 0 Å². The largest absolute Gasteiger partial charge is 0.478 e. The molecule has 0 aliphatic rings. The molecule has 10 heteroatoms. The molecule has 35 heavy (non-hydrogen) atoms. The van der Waals surface area contributed by atoms with E-state index in [1.807, 2.05) is 19.1 Å². The summed E-state index contributed by atoms with van der Waals surface area (Å²) in [6.07, 6.45) is -4.12. The number of amides is 1. The van der Waals surface area contributed by atoms with Gasteiger partial charge in [0.05, 0.1) is 21.8 Å². The lowest BCUT2D eigenvalue weighted by atomic mass is 10.1. The number of alkyl halides is 3. The van der Waals surface area contributed by atoms with E-state index in [1.165, 1.54) is 0 Å². The first kappa shape index (κ1) is 26.6. The highest BCUT2D eigenvalue weighted by molar-refractivity contribution is 7.81. The van der Waals surface area contributed by atoms with E-state index in [9.17, 15) is 22.8 Å². The quantitative estimate of drug-likeness (QED) is 0.325. The molecule has 0 fully saturated rings. The van der Waals surface area contributed by atoms with Crippen molar-refractivity contribution in [2.24, 2.45) is 0 Å². The van der Waals surface area contributed by atoms with Gasteiger partial charge in [0.1, 0.15) is 5.82 Å². The van der Waals surface area contributed by atoms with Crippen LogP contribution in [0, 0.1) is 6.92 Å². The van der Waals surface area contributed by atoms with Crippen molar-refractivity contribution >= 4 is 35.5 Å². The molecule has 2 N–H and O–H groups in total. The Balaban J connectivity index is 1.83. The lowest BCUT2D eigenvalue weighted by molar-refractivity contribution is -0.137. The summed E-state index contributed by atoms with van der Waals surface area (Å²) in [5.74, 6) is -0.633. The van der Waals surface area contributed by atoms with Gasteiger partial charge in [-0.2, -0.15) is 25.8 Å². The Labute approximate surface area is 207 Å². The predicted molar refractivity (Wildman–Crippen MR) is 131 cm³/mol. The fourth-order valence-electron chi connectivity index (χ4n) is 3.88. The van der Waals surface area contributed by atoms with Crippen molar-refractivity contribution < 1.29 is 27.9 Å². The molecule has 3 aromatic rings. The van der Waals surface area contributed by atoms with Gasteiger partial charge >= 0.3 is 12.1 Å². The van der Waals surface area contributed by atoms with Crippen LogP contribution in [-0.2, 0) is 24.3 Å². The highest BCUT2D eigenvalue weighted by Gasteiger charge is 2.29. The van der Waals surface area contributed by atoms with Crippen LogP contribution < -0.4 is 5.32 Å². The molecule has 6 nitrogen and oxygen atoms in total. The Hall–Kier alpha value is -3.01. The SMILES string of the molecule is CCCc1nc2c(C)cc(CNC(=O)C(S)CCC(F)(F)F)cc2n1Cc1ccc(C(=O)O)cc1. The molecular formula is C25H28F3N3O3S. The van der Waals surface area contributed by atoms with Gasteiger partial charge < -0.3 is 15.0 Å². The summed E-state index contributed by atoms with van der Waals surface area (Å²) in [5.41, 5.74) is 4.56. The lowest BCUT2D eigenvalue weighted by Gasteiger charge is -2.14. The number of carbonyl (C=O) groups excluding carboxylic acids is 1. The topological polar surface area (TPSA) is 84.2 Å². The van der Waals surface area contributed by atoms with Crippen LogP contribution in [0.15, 0.2) is 36.4 Å². The monoisotopic (exact) mass is 507 g/mol. The molecule has 0 bridgehead atoms. The summed E-state index contributed by atoms with van der Waals surface area (Å²) in [7, 11) is 0. The Kier molecular flexibility index (Phi) is 8.47. The Morgan fingerprint density at radius 2 is 1.86 bits per heavy atom. The molecule has 0 aliphatic heterocycles. The molecule has 0 saturated heterocycles. The summed E-state index contributed by atoms with van der Waals surface area (Å²) in [6.45, 7) is 4.64. The summed E-state index contributed by atoms with van der Waals surface area (Å²) in [4.78, 5) is 28.2. The van der Waals surface area contributed by atoms with E-state index in [-0.39, 0.29) is 18.5 Å². The van der Waals surface area contributed by atoms with E-state index in [2.05, 4.69) is 29.4 Å². The zero-order chi connectivity index (χ0) is 25.8. The number of carbonyl (C=O) groups is 2. The van der Waals surface area contributed by atoms with Gasteiger partial charge in [0.2, 0.25) is 5.91 Å². The second-order valence-electron chi connectivity index (χ2n) is 8.53. The number of nitrogens with zero attached hydrogens (tertiary/aromatic N) is 2. The van der Waals surface area contributed by atoms with Crippen LogP contribution in [0.1, 0.15) is 59.1 Å². The van der Waals surface area contributed by atoms with E-state index in [0.717, 1.165) is 46.4 Å². The number of hydrogen-bond donors (Lipinski definition) is 3. The minimum atomic E-state index is -4.33. The summed E-state index contributed by atoms with van der Waals surface area (Å²) >= 11 is 4.02. The van der Waals surface area contributed by atoms with Crippen molar-refractivity contribution in [1.29, 1.82) is 0 Å². The van der Waals surface area contributed by atoms with Crippen LogP contribution in [0.25, 0.3) is 11.0 Å². The van der Waals surface area contributed by atoms with Crippen LogP contribution in [0.2, 0.25) is 0 Å². The maximum atomic E-state index is 12.4. The van der Waals surface area contributed by atoms with E-state index in [4.69, 9.17) is 10.1 Å². The minimum Gasteiger partial charge on any atom is -0.478 e. The third-order valence-corrected chi connectivity index (χ3v) is 6.16. The molecular weight excluding hydrogens is 479 g/mol. The fraction of sp³-hybridized carbons (Fsp3) is 0.400. The Bertz CT molecular complexity index is 1210. The number of nitrogens with one attached hydrogen (secondary N) is 1. The molecule has 188 valence electrons. The van der Waals surface area contributed by atoms with Crippen molar-refractivity contribution in [2.75, 3.05) is 0 Å².